The lowest BCUT2D eigenvalue weighted by Crippen LogP contribution is -2.36. The molecule has 2 atom stereocenters. The molecule has 0 radical (unpaired) electrons. The highest BCUT2D eigenvalue weighted by molar-refractivity contribution is 4.89. The minimum Gasteiger partial charge on any atom is -0.242 e. The van der Waals surface area contributed by atoms with Crippen LogP contribution in [0, 0.1) is 5.92 Å². The Morgan fingerprint density at radius 1 is 1.08 bits per heavy atom. The molecule has 0 aliphatic rings. The van der Waals surface area contributed by atoms with Gasteiger partial charge in [0.05, 0.1) is 0 Å². The zero-order valence-electron chi connectivity index (χ0n) is 5.78. The third kappa shape index (κ3) is 2.75. The van der Waals surface area contributed by atoms with Gasteiger partial charge >= 0.3 is 6.18 Å². The van der Waals surface area contributed by atoms with Gasteiger partial charge in [0.15, 0.2) is 5.92 Å². The molecule has 0 saturated heterocycles. The average molecular weight is 192 g/mol. The topological polar surface area (TPSA) is 0 Å². The summed E-state index contributed by atoms with van der Waals surface area (Å²) in [6.45, 7) is 2.67. The van der Waals surface area contributed by atoms with E-state index in [1.165, 1.54) is 0 Å². The number of hydrogen-bond acceptors (Lipinski definition) is 0. The fourth-order valence-corrected chi connectivity index (χ4v) is 0.609. The van der Waals surface area contributed by atoms with Crippen molar-refractivity contribution in [1.29, 1.82) is 0 Å². The molecule has 0 N–H and O–H groups in total. The number of hydrogen-bond donors (Lipinski definition) is 0. The maximum atomic E-state index is 12.2. The molecule has 0 aliphatic heterocycles. The monoisotopic (exact) mass is 192 g/mol. The summed E-state index contributed by atoms with van der Waals surface area (Å²) in [6, 6.07) is 0. The predicted molar refractivity (Wildman–Crippen MR) is 30.6 cm³/mol. The molecule has 0 spiro atoms. The van der Waals surface area contributed by atoms with Crippen molar-refractivity contribution < 1.29 is 26.3 Å². The van der Waals surface area contributed by atoms with Crippen LogP contribution in [0.1, 0.15) is 0 Å². The van der Waals surface area contributed by atoms with Gasteiger partial charge < -0.3 is 0 Å². The highest BCUT2D eigenvalue weighted by Crippen LogP contribution is 2.35. The van der Waals surface area contributed by atoms with Crippen LogP contribution in [0.15, 0.2) is 12.7 Å². The van der Waals surface area contributed by atoms with E-state index in [9.17, 15) is 26.3 Å². The van der Waals surface area contributed by atoms with E-state index >= 15 is 0 Å². The smallest absolute Gasteiger partial charge is 0.242 e. The maximum absolute atomic E-state index is 12.2. The molecule has 0 nitrogen and oxygen atoms in total. The molecule has 72 valence electrons. The average Bonchev–Trinajstić information content (AvgIpc) is 1.83. The summed E-state index contributed by atoms with van der Waals surface area (Å²) in [5.74, 6) is -3.27. The summed E-state index contributed by atoms with van der Waals surface area (Å²) in [4.78, 5) is 0. The second kappa shape index (κ2) is 3.82. The van der Waals surface area contributed by atoms with Crippen molar-refractivity contribution in [1.82, 2.24) is 0 Å². The first kappa shape index (κ1) is 11.3. The fourth-order valence-electron chi connectivity index (χ4n) is 0.609. The first-order valence-corrected chi connectivity index (χ1v) is 2.92. The third-order valence-electron chi connectivity index (χ3n) is 1.22. The van der Waals surface area contributed by atoms with Gasteiger partial charge in [0.25, 0.3) is 6.43 Å². The summed E-state index contributed by atoms with van der Waals surface area (Å²) in [5.41, 5.74) is 0. The van der Waals surface area contributed by atoms with Gasteiger partial charge in [0, 0.05) is 0 Å². The molecule has 0 aromatic carbocycles. The summed E-state index contributed by atoms with van der Waals surface area (Å²) < 4.78 is 70.4. The lowest BCUT2D eigenvalue weighted by molar-refractivity contribution is -0.218. The molecule has 0 aromatic heterocycles. The van der Waals surface area contributed by atoms with Gasteiger partial charge in [-0.05, 0) is 0 Å². The SMILES string of the molecule is C=CC(F)C(C(F)F)C(F)(F)F. The number of halogens is 6. The first-order valence-electron chi connectivity index (χ1n) is 2.92. The predicted octanol–water partition coefficient (Wildman–Crippen LogP) is 2.95. The Labute approximate surface area is 64.9 Å². The van der Waals surface area contributed by atoms with Crippen LogP contribution in [0.5, 0.6) is 0 Å². The quantitative estimate of drug-likeness (QED) is 0.476. The van der Waals surface area contributed by atoms with Crippen molar-refractivity contribution in [2.45, 2.75) is 18.8 Å². The second-order valence-corrected chi connectivity index (χ2v) is 2.08. The van der Waals surface area contributed by atoms with Crippen LogP contribution in [0.2, 0.25) is 0 Å². The molecule has 0 aliphatic carbocycles. The van der Waals surface area contributed by atoms with Gasteiger partial charge in [-0.1, -0.05) is 6.08 Å². The van der Waals surface area contributed by atoms with Gasteiger partial charge in [-0.3, -0.25) is 0 Å². The van der Waals surface area contributed by atoms with Crippen LogP contribution in [-0.2, 0) is 0 Å². The minimum atomic E-state index is -5.23. The van der Waals surface area contributed by atoms with Crippen LogP contribution >= 0.6 is 0 Å². The Morgan fingerprint density at radius 2 is 1.50 bits per heavy atom. The number of rotatable bonds is 3. The molecule has 12 heavy (non-hydrogen) atoms. The van der Waals surface area contributed by atoms with E-state index in [0.717, 1.165) is 0 Å². The minimum absolute atomic E-state index is 0.213. The van der Waals surface area contributed by atoms with Crippen LogP contribution in [0.25, 0.3) is 0 Å². The fraction of sp³-hybridized carbons (Fsp3) is 0.667. The molecular weight excluding hydrogens is 186 g/mol. The van der Waals surface area contributed by atoms with Crippen molar-refractivity contribution >= 4 is 0 Å². The Morgan fingerprint density at radius 3 is 1.58 bits per heavy atom. The Hall–Kier alpha value is -0.680. The van der Waals surface area contributed by atoms with Crippen molar-refractivity contribution in [3.63, 3.8) is 0 Å². The zero-order chi connectivity index (χ0) is 9.94. The maximum Gasteiger partial charge on any atom is 0.400 e. The molecule has 2 unspecified atom stereocenters. The Kier molecular flexibility index (Phi) is 3.60. The van der Waals surface area contributed by atoms with Crippen molar-refractivity contribution in [2.75, 3.05) is 0 Å². The highest BCUT2D eigenvalue weighted by atomic mass is 19.4. The summed E-state index contributed by atoms with van der Waals surface area (Å²) in [5, 5.41) is 0. The van der Waals surface area contributed by atoms with E-state index < -0.39 is 24.7 Å². The summed E-state index contributed by atoms with van der Waals surface area (Å²) in [7, 11) is 0. The molecule has 0 rings (SSSR count). The lowest BCUT2D eigenvalue weighted by atomic mass is 10.0. The van der Waals surface area contributed by atoms with Crippen LogP contribution in [-0.4, -0.2) is 18.8 Å². The van der Waals surface area contributed by atoms with E-state index in [1.807, 2.05) is 0 Å². The Bertz CT molecular complexity index is 149. The van der Waals surface area contributed by atoms with Crippen LogP contribution in [0.3, 0.4) is 0 Å². The number of allylic oxidation sites excluding steroid dienone is 1. The van der Waals surface area contributed by atoms with E-state index in [0.29, 0.717) is 0 Å². The first-order chi connectivity index (χ1) is 5.30. The normalized spacial score (nSPS) is 17.6. The van der Waals surface area contributed by atoms with Gasteiger partial charge in [0.2, 0.25) is 0 Å². The molecule has 0 saturated carbocycles. The summed E-state index contributed by atoms with van der Waals surface area (Å²) in [6.07, 6.45) is -11.5. The van der Waals surface area contributed by atoms with E-state index in [4.69, 9.17) is 0 Å². The van der Waals surface area contributed by atoms with E-state index in [1.54, 1.807) is 0 Å². The van der Waals surface area contributed by atoms with Crippen molar-refractivity contribution in [3.05, 3.63) is 12.7 Å². The highest BCUT2D eigenvalue weighted by Gasteiger charge is 2.50. The number of alkyl halides is 6. The van der Waals surface area contributed by atoms with E-state index in [2.05, 4.69) is 6.58 Å². The lowest BCUT2D eigenvalue weighted by Gasteiger charge is -2.20. The molecule has 0 heterocycles. The standard InChI is InChI=1S/C6H6F6/c1-2-3(7)4(5(8)9)6(10,11)12/h2-5H,1H2. The van der Waals surface area contributed by atoms with Gasteiger partial charge in [-0.2, -0.15) is 13.2 Å². The van der Waals surface area contributed by atoms with Crippen molar-refractivity contribution in [3.8, 4) is 0 Å². The van der Waals surface area contributed by atoms with Crippen LogP contribution < -0.4 is 0 Å². The molecule has 0 fully saturated rings. The molecule has 0 amide bonds. The third-order valence-corrected chi connectivity index (χ3v) is 1.22. The second-order valence-electron chi connectivity index (χ2n) is 2.08. The molecular formula is C6H6F6. The Balaban J connectivity index is 4.55. The van der Waals surface area contributed by atoms with E-state index in [-0.39, 0.29) is 6.08 Å². The molecule has 6 heteroatoms. The molecule has 0 bridgehead atoms. The zero-order valence-corrected chi connectivity index (χ0v) is 5.78. The van der Waals surface area contributed by atoms with Gasteiger partial charge in [0.1, 0.15) is 6.17 Å². The van der Waals surface area contributed by atoms with Crippen LogP contribution in [0.4, 0.5) is 26.3 Å². The summed E-state index contributed by atoms with van der Waals surface area (Å²) >= 11 is 0. The van der Waals surface area contributed by atoms with Crippen molar-refractivity contribution in [2.24, 2.45) is 5.92 Å². The van der Waals surface area contributed by atoms with Gasteiger partial charge in [-0.15, -0.1) is 6.58 Å². The van der Waals surface area contributed by atoms with Gasteiger partial charge in [-0.25, -0.2) is 13.2 Å². The molecule has 0 aromatic rings. The largest absolute Gasteiger partial charge is 0.400 e.